The van der Waals surface area contributed by atoms with E-state index in [1.807, 2.05) is 18.2 Å². The highest BCUT2D eigenvalue weighted by Crippen LogP contribution is 2.24. The fourth-order valence-electron chi connectivity index (χ4n) is 2.09. The number of nitrogens with zero attached hydrogens (tertiary/aromatic N) is 1. The number of aromatic nitrogens is 1. The molecule has 0 spiro atoms. The molecule has 0 amide bonds. The lowest BCUT2D eigenvalue weighted by Crippen LogP contribution is -2.01. The molecular weight excluding hydrogens is 289 g/mol. The number of hydrogen-bond donors (Lipinski definition) is 0. The van der Waals surface area contributed by atoms with Crippen LogP contribution in [0.15, 0.2) is 60.0 Å². The smallest absolute Gasteiger partial charge is 0.161 e. The Morgan fingerprint density at radius 1 is 1.00 bits per heavy atom. The number of rotatable bonds is 3. The Labute approximate surface area is 126 Å². The van der Waals surface area contributed by atoms with E-state index in [0.29, 0.717) is 6.54 Å². The zero-order chi connectivity index (χ0) is 13.9. The van der Waals surface area contributed by atoms with Gasteiger partial charge >= 0.3 is 0 Å². The van der Waals surface area contributed by atoms with E-state index in [0.717, 1.165) is 20.8 Å². The van der Waals surface area contributed by atoms with E-state index in [1.165, 1.54) is 12.1 Å². The second kappa shape index (κ2) is 5.69. The van der Waals surface area contributed by atoms with E-state index in [9.17, 15) is 4.39 Å². The maximum absolute atomic E-state index is 13.0. The van der Waals surface area contributed by atoms with Gasteiger partial charge in [0.05, 0.1) is 5.69 Å². The molecular formula is C16H12FNS2. The van der Waals surface area contributed by atoms with Gasteiger partial charge in [-0.1, -0.05) is 42.5 Å². The van der Waals surface area contributed by atoms with Crippen LogP contribution in [0.25, 0.3) is 11.3 Å². The maximum atomic E-state index is 13.0. The lowest BCUT2D eigenvalue weighted by atomic mass is 10.1. The van der Waals surface area contributed by atoms with Crippen molar-refractivity contribution in [3.63, 3.8) is 0 Å². The van der Waals surface area contributed by atoms with Gasteiger partial charge in [-0.25, -0.2) is 4.39 Å². The minimum atomic E-state index is -0.217. The minimum Gasteiger partial charge on any atom is -0.318 e. The highest BCUT2D eigenvalue weighted by atomic mass is 32.1. The molecule has 3 rings (SSSR count). The summed E-state index contributed by atoms with van der Waals surface area (Å²) in [6.07, 6.45) is 0. The summed E-state index contributed by atoms with van der Waals surface area (Å²) in [4.78, 5) is 0. The summed E-state index contributed by atoms with van der Waals surface area (Å²) >= 11 is 6.96. The second-order valence-electron chi connectivity index (χ2n) is 4.47. The van der Waals surface area contributed by atoms with Crippen molar-refractivity contribution in [2.75, 3.05) is 0 Å². The molecule has 0 fully saturated rings. The van der Waals surface area contributed by atoms with Crippen LogP contribution in [0.4, 0.5) is 4.39 Å². The predicted molar refractivity (Wildman–Crippen MR) is 84.1 cm³/mol. The van der Waals surface area contributed by atoms with Crippen molar-refractivity contribution in [2.24, 2.45) is 0 Å². The maximum Gasteiger partial charge on any atom is 0.161 e. The summed E-state index contributed by atoms with van der Waals surface area (Å²) in [6.45, 7) is 0.660. The van der Waals surface area contributed by atoms with Crippen LogP contribution >= 0.6 is 23.6 Å². The minimum absolute atomic E-state index is 0.217. The van der Waals surface area contributed by atoms with E-state index in [4.69, 9.17) is 12.2 Å². The fraction of sp³-hybridized carbons (Fsp3) is 0.0625. The van der Waals surface area contributed by atoms with Gasteiger partial charge in [0.25, 0.3) is 0 Å². The third-order valence-electron chi connectivity index (χ3n) is 3.11. The van der Waals surface area contributed by atoms with Crippen LogP contribution in [0.2, 0.25) is 0 Å². The summed E-state index contributed by atoms with van der Waals surface area (Å²) in [5.41, 5.74) is 3.28. The van der Waals surface area contributed by atoms with Gasteiger partial charge in [-0.2, -0.15) is 0 Å². The molecule has 0 unspecified atom stereocenters. The summed E-state index contributed by atoms with van der Waals surface area (Å²) in [5, 5.41) is 2.07. The number of thiazole rings is 1. The lowest BCUT2D eigenvalue weighted by Gasteiger charge is -2.09. The van der Waals surface area contributed by atoms with Gasteiger partial charge in [0.1, 0.15) is 5.82 Å². The first kappa shape index (κ1) is 13.2. The molecule has 3 aromatic rings. The van der Waals surface area contributed by atoms with Crippen molar-refractivity contribution in [3.8, 4) is 11.3 Å². The highest BCUT2D eigenvalue weighted by Gasteiger charge is 2.07. The van der Waals surface area contributed by atoms with E-state index in [1.54, 1.807) is 23.5 Å². The number of halogens is 1. The van der Waals surface area contributed by atoms with Gasteiger partial charge in [0.15, 0.2) is 3.95 Å². The third-order valence-corrected chi connectivity index (χ3v) is 4.38. The molecule has 4 heteroatoms. The molecule has 1 nitrogen and oxygen atoms in total. The Bertz CT molecular complexity index is 757. The van der Waals surface area contributed by atoms with E-state index >= 15 is 0 Å². The van der Waals surface area contributed by atoms with Crippen molar-refractivity contribution < 1.29 is 4.39 Å². The first-order valence-electron chi connectivity index (χ1n) is 6.22. The lowest BCUT2D eigenvalue weighted by molar-refractivity contribution is 0.626. The van der Waals surface area contributed by atoms with Crippen molar-refractivity contribution in [1.82, 2.24) is 4.57 Å². The standard InChI is InChI=1S/C16H12FNS2/c17-14-8-6-12(7-9-14)10-18-15(11-20-16(18)19)13-4-2-1-3-5-13/h1-9,11H,10H2. The summed E-state index contributed by atoms with van der Waals surface area (Å²) < 4.78 is 15.9. The van der Waals surface area contributed by atoms with Gasteiger partial charge in [-0.15, -0.1) is 11.3 Å². The number of benzene rings is 2. The van der Waals surface area contributed by atoms with Crippen LogP contribution in [-0.4, -0.2) is 4.57 Å². The first-order chi connectivity index (χ1) is 9.74. The first-order valence-corrected chi connectivity index (χ1v) is 7.51. The molecule has 0 bridgehead atoms. The van der Waals surface area contributed by atoms with Crippen molar-refractivity contribution in [2.45, 2.75) is 6.54 Å². The van der Waals surface area contributed by atoms with Crippen LogP contribution in [0, 0.1) is 9.77 Å². The molecule has 0 saturated heterocycles. The van der Waals surface area contributed by atoms with E-state index in [2.05, 4.69) is 22.1 Å². The summed E-state index contributed by atoms with van der Waals surface area (Å²) in [6, 6.07) is 16.7. The van der Waals surface area contributed by atoms with Crippen LogP contribution in [0.5, 0.6) is 0 Å². The molecule has 0 aliphatic heterocycles. The quantitative estimate of drug-likeness (QED) is 0.607. The molecule has 0 radical (unpaired) electrons. The molecule has 0 aliphatic carbocycles. The van der Waals surface area contributed by atoms with Gasteiger partial charge in [0, 0.05) is 11.9 Å². The zero-order valence-electron chi connectivity index (χ0n) is 10.6. The van der Waals surface area contributed by atoms with E-state index in [-0.39, 0.29) is 5.82 Å². The van der Waals surface area contributed by atoms with E-state index < -0.39 is 0 Å². The Balaban J connectivity index is 2.00. The van der Waals surface area contributed by atoms with Crippen LogP contribution in [0.1, 0.15) is 5.56 Å². The van der Waals surface area contributed by atoms with Crippen molar-refractivity contribution in [3.05, 3.63) is 75.3 Å². The SMILES string of the molecule is Fc1ccc(Cn2c(-c3ccccc3)csc2=S)cc1. The molecule has 1 aromatic heterocycles. The zero-order valence-corrected chi connectivity index (χ0v) is 12.3. The third kappa shape index (κ3) is 2.71. The molecule has 2 aromatic carbocycles. The average molecular weight is 301 g/mol. The Morgan fingerprint density at radius 3 is 2.40 bits per heavy atom. The molecule has 0 saturated carbocycles. The van der Waals surface area contributed by atoms with Gasteiger partial charge in [-0.05, 0) is 35.5 Å². The summed E-state index contributed by atoms with van der Waals surface area (Å²) in [7, 11) is 0. The Hall–Kier alpha value is -1.78. The van der Waals surface area contributed by atoms with Crippen LogP contribution in [0.3, 0.4) is 0 Å². The molecule has 0 aliphatic rings. The van der Waals surface area contributed by atoms with Gasteiger partial charge in [-0.3, -0.25) is 0 Å². The highest BCUT2D eigenvalue weighted by molar-refractivity contribution is 7.73. The molecule has 20 heavy (non-hydrogen) atoms. The number of hydrogen-bond acceptors (Lipinski definition) is 2. The summed E-state index contributed by atoms with van der Waals surface area (Å²) in [5.74, 6) is -0.217. The molecule has 0 N–H and O–H groups in total. The van der Waals surface area contributed by atoms with Crippen molar-refractivity contribution >= 4 is 23.6 Å². The Morgan fingerprint density at radius 2 is 1.70 bits per heavy atom. The topological polar surface area (TPSA) is 4.93 Å². The fourth-order valence-corrected chi connectivity index (χ4v) is 3.16. The average Bonchev–Trinajstić information content (AvgIpc) is 2.84. The molecule has 1 heterocycles. The van der Waals surface area contributed by atoms with Gasteiger partial charge in [0.2, 0.25) is 0 Å². The Kier molecular flexibility index (Phi) is 3.76. The van der Waals surface area contributed by atoms with Gasteiger partial charge < -0.3 is 4.57 Å². The normalized spacial score (nSPS) is 10.7. The monoisotopic (exact) mass is 301 g/mol. The predicted octanol–water partition coefficient (Wildman–Crippen LogP) is 5.13. The van der Waals surface area contributed by atoms with Crippen LogP contribution in [-0.2, 0) is 6.54 Å². The molecule has 100 valence electrons. The van der Waals surface area contributed by atoms with Crippen LogP contribution < -0.4 is 0 Å². The largest absolute Gasteiger partial charge is 0.318 e. The van der Waals surface area contributed by atoms with Crippen molar-refractivity contribution in [1.29, 1.82) is 0 Å². The molecule has 0 atom stereocenters. The second-order valence-corrected chi connectivity index (χ2v) is 5.97.